The molecule has 0 spiro atoms. The summed E-state index contributed by atoms with van der Waals surface area (Å²) in [6.07, 6.45) is 3.55. The highest BCUT2D eigenvalue weighted by molar-refractivity contribution is 8.25. The fraction of sp³-hybridized carbons (Fsp3) is 0.552. The molecule has 218 valence electrons. The van der Waals surface area contributed by atoms with Crippen LogP contribution in [0.5, 0.6) is 0 Å². The Morgan fingerprint density at radius 3 is 2.44 bits per heavy atom. The first-order valence-electron chi connectivity index (χ1n) is 13.8. The molecule has 8 nitrogen and oxygen atoms in total. The van der Waals surface area contributed by atoms with E-state index in [1.54, 1.807) is 16.4 Å². The molecule has 39 heavy (non-hydrogen) atoms. The van der Waals surface area contributed by atoms with Gasteiger partial charge in [0.05, 0.1) is 23.6 Å². The quantitative estimate of drug-likeness (QED) is 0.202. The molecule has 0 aromatic heterocycles. The van der Waals surface area contributed by atoms with Crippen LogP contribution in [0.25, 0.3) is 0 Å². The van der Waals surface area contributed by atoms with Crippen molar-refractivity contribution in [3.05, 3.63) is 59.7 Å². The molecule has 2 fully saturated rings. The smallest absolute Gasteiger partial charge is 0.251 e. The number of halogens is 1. The van der Waals surface area contributed by atoms with E-state index < -0.39 is 22.9 Å². The Morgan fingerprint density at radius 1 is 1.10 bits per heavy atom. The van der Waals surface area contributed by atoms with Crippen LogP contribution in [-0.4, -0.2) is 63.2 Å². The van der Waals surface area contributed by atoms with E-state index in [2.05, 4.69) is 29.8 Å². The number of hydrogen-bond donors (Lipinski definition) is 6. The number of anilines is 2. The lowest BCUT2D eigenvalue weighted by Crippen LogP contribution is -2.51. The van der Waals surface area contributed by atoms with Gasteiger partial charge in [-0.1, -0.05) is 44.2 Å². The van der Waals surface area contributed by atoms with Gasteiger partial charge in [0.25, 0.3) is 5.91 Å². The lowest BCUT2D eigenvalue weighted by atomic mass is 9.98. The average Bonchev–Trinajstić information content (AvgIpc) is 3.69. The first kappa shape index (κ1) is 31.5. The second kappa shape index (κ2) is 13.6. The zero-order chi connectivity index (χ0) is 27.3. The van der Waals surface area contributed by atoms with Crippen molar-refractivity contribution >= 4 is 40.5 Å². The van der Waals surface area contributed by atoms with E-state index >= 15 is 0 Å². The molecule has 6 N–H and O–H groups in total. The number of aliphatic hydroxyl groups is 1. The van der Waals surface area contributed by atoms with Crippen LogP contribution in [0.3, 0.4) is 0 Å². The van der Waals surface area contributed by atoms with Crippen LogP contribution in [0.1, 0.15) is 62.4 Å². The minimum Gasteiger partial charge on any atom is -0.390 e. The summed E-state index contributed by atoms with van der Waals surface area (Å²) in [5.74, 6) is 0.506. The lowest BCUT2D eigenvalue weighted by Gasteiger charge is -2.47. The third kappa shape index (κ3) is 8.02. The van der Waals surface area contributed by atoms with Gasteiger partial charge in [-0.05, 0) is 68.7 Å². The minimum absolute atomic E-state index is 0. The highest BCUT2D eigenvalue weighted by atomic mass is 35.5. The van der Waals surface area contributed by atoms with Gasteiger partial charge in [0.2, 0.25) is 0 Å². The van der Waals surface area contributed by atoms with Crippen molar-refractivity contribution in [2.24, 2.45) is 5.92 Å². The number of rotatable bonds is 12. The van der Waals surface area contributed by atoms with Gasteiger partial charge >= 0.3 is 0 Å². The number of nitrogens with one attached hydrogen (secondary N) is 3. The highest BCUT2D eigenvalue weighted by Crippen LogP contribution is 2.50. The van der Waals surface area contributed by atoms with Crippen LogP contribution in [0.15, 0.2) is 48.5 Å². The van der Waals surface area contributed by atoms with Crippen LogP contribution in [0, 0.1) is 5.92 Å². The van der Waals surface area contributed by atoms with E-state index in [9.17, 15) is 19.0 Å². The molecule has 1 saturated heterocycles. The zero-order valence-electron chi connectivity index (χ0n) is 23.2. The molecule has 1 heterocycles. The number of β-amino-alcohol motifs (C(OH)–C–C–N with tert-alkyl or cyclic N) is 1. The summed E-state index contributed by atoms with van der Waals surface area (Å²) >= 11 is 0. The molecule has 0 radical (unpaired) electrons. The van der Waals surface area contributed by atoms with Crippen molar-refractivity contribution in [3.63, 3.8) is 0 Å². The number of benzene rings is 2. The summed E-state index contributed by atoms with van der Waals surface area (Å²) < 4.78 is 23.0. The third-order valence-corrected chi connectivity index (χ3v) is 9.80. The molecule has 1 amide bonds. The lowest BCUT2D eigenvalue weighted by molar-refractivity contribution is 0.0817. The fourth-order valence-corrected chi connectivity index (χ4v) is 6.92. The van der Waals surface area contributed by atoms with Crippen LogP contribution in [0.4, 0.5) is 11.4 Å². The van der Waals surface area contributed by atoms with Gasteiger partial charge in [-0.3, -0.25) is 18.2 Å². The second-order valence-electron chi connectivity index (χ2n) is 11.0. The van der Waals surface area contributed by atoms with Crippen molar-refractivity contribution < 1.29 is 19.0 Å². The first-order chi connectivity index (χ1) is 18.1. The van der Waals surface area contributed by atoms with E-state index in [1.807, 2.05) is 43.3 Å². The van der Waals surface area contributed by atoms with E-state index in [1.165, 1.54) is 0 Å². The van der Waals surface area contributed by atoms with Crippen LogP contribution in [0.2, 0.25) is 0 Å². The van der Waals surface area contributed by atoms with Crippen molar-refractivity contribution in [3.8, 4) is 0 Å². The van der Waals surface area contributed by atoms with Crippen molar-refractivity contribution in [1.82, 2.24) is 10.6 Å². The Labute approximate surface area is 240 Å². The Bertz CT molecular complexity index is 1080. The third-order valence-electron chi connectivity index (χ3n) is 7.87. The molecular formula is C29H45ClN4O4S. The summed E-state index contributed by atoms with van der Waals surface area (Å²) in [7, 11) is -2.92. The van der Waals surface area contributed by atoms with Gasteiger partial charge in [0, 0.05) is 36.4 Å². The van der Waals surface area contributed by atoms with Gasteiger partial charge in [-0.15, -0.1) is 23.2 Å². The highest BCUT2D eigenvalue weighted by Gasteiger charge is 2.45. The Kier molecular flexibility index (Phi) is 11.0. The van der Waals surface area contributed by atoms with Crippen molar-refractivity contribution in [2.75, 3.05) is 35.0 Å². The van der Waals surface area contributed by atoms with Gasteiger partial charge in [0.1, 0.15) is 0 Å². The first-order valence-corrected chi connectivity index (χ1v) is 15.5. The molecule has 4 rings (SSSR count). The van der Waals surface area contributed by atoms with Crippen LogP contribution < -0.4 is 20.3 Å². The second-order valence-corrected chi connectivity index (χ2v) is 13.1. The van der Waals surface area contributed by atoms with Gasteiger partial charge < -0.3 is 21.1 Å². The van der Waals surface area contributed by atoms with Crippen molar-refractivity contribution in [2.45, 2.75) is 70.6 Å². The number of carbonyl (C=O) groups is 1. The SMILES string of the molecule is CCNc1cc(C(=O)N[C@@H](Cc2ccccc2)[C@H](O)CNC2(C(C)C)CC2)cc(N2CCCCS2(O)O)c1.Cl. The molecule has 2 atom stereocenters. The van der Waals surface area contributed by atoms with Crippen molar-refractivity contribution in [1.29, 1.82) is 0 Å². The standard InChI is InChI=1S/C29H44N4O4S.ClH/c1-4-30-24-17-23(18-25(19-24)33-14-8-9-15-38(33,36)37)28(35)32-26(16-22-10-6-5-7-11-22)27(34)20-31-29(12-13-29)21(2)3;/h5-7,10-11,17-19,21,26-27,30-31,34,36-37H,4,8-9,12-16,20H2,1-3H3,(H,32,35);1H/t26-,27+;/m0./s1. The Hall–Kier alpha value is -2.01. The Balaban J connectivity index is 0.00000420. The molecule has 1 saturated carbocycles. The van der Waals surface area contributed by atoms with E-state index in [4.69, 9.17) is 0 Å². The summed E-state index contributed by atoms with van der Waals surface area (Å²) in [6, 6.07) is 14.7. The predicted molar refractivity (Wildman–Crippen MR) is 164 cm³/mol. The summed E-state index contributed by atoms with van der Waals surface area (Å²) in [4.78, 5) is 13.6. The fourth-order valence-electron chi connectivity index (χ4n) is 5.24. The minimum atomic E-state index is -2.92. The van der Waals surface area contributed by atoms with E-state index in [0.29, 0.717) is 49.0 Å². The Morgan fingerprint density at radius 2 is 1.82 bits per heavy atom. The largest absolute Gasteiger partial charge is 0.390 e. The average molecular weight is 581 g/mol. The number of carbonyl (C=O) groups excluding carboxylic acids is 1. The number of amides is 1. The molecule has 0 bridgehead atoms. The zero-order valence-corrected chi connectivity index (χ0v) is 24.9. The predicted octanol–water partition coefficient (Wildman–Crippen LogP) is 5.29. The van der Waals surface area contributed by atoms with Gasteiger partial charge in [-0.2, -0.15) is 0 Å². The molecule has 10 heteroatoms. The number of hydrogen-bond acceptors (Lipinski definition) is 7. The topological polar surface area (TPSA) is 117 Å². The monoisotopic (exact) mass is 580 g/mol. The molecule has 0 unspecified atom stereocenters. The van der Waals surface area contributed by atoms with Crippen LogP contribution in [-0.2, 0) is 6.42 Å². The molecule has 1 aliphatic carbocycles. The summed E-state index contributed by atoms with van der Waals surface area (Å²) in [5.41, 5.74) is 2.88. The number of aliphatic hydroxyl groups excluding tert-OH is 1. The normalized spacial score (nSPS) is 19.9. The van der Waals surface area contributed by atoms with E-state index in [-0.39, 0.29) is 23.9 Å². The molecule has 1 aliphatic heterocycles. The molecule has 2 aliphatic rings. The van der Waals surface area contributed by atoms with E-state index in [0.717, 1.165) is 36.9 Å². The molecule has 2 aromatic carbocycles. The summed E-state index contributed by atoms with van der Waals surface area (Å²) in [6.45, 7) is 7.96. The number of nitrogens with zero attached hydrogens (tertiary/aromatic N) is 1. The molecule has 2 aromatic rings. The molecular weight excluding hydrogens is 536 g/mol. The maximum Gasteiger partial charge on any atom is 0.251 e. The van der Waals surface area contributed by atoms with Crippen LogP contribution >= 0.6 is 23.2 Å². The maximum atomic E-state index is 13.6. The van der Waals surface area contributed by atoms with Gasteiger partial charge in [0.15, 0.2) is 0 Å². The maximum absolute atomic E-state index is 13.6. The van der Waals surface area contributed by atoms with Gasteiger partial charge in [-0.25, -0.2) is 0 Å². The summed E-state index contributed by atoms with van der Waals surface area (Å²) in [5, 5.41) is 21.2.